The number of aryl methyl sites for hydroxylation is 1. The van der Waals surface area contributed by atoms with Gasteiger partial charge in [0.1, 0.15) is 17.3 Å². The molecule has 0 aliphatic carbocycles. The molecule has 1 aliphatic heterocycles. The summed E-state index contributed by atoms with van der Waals surface area (Å²) in [5.74, 6) is 1.08. The Bertz CT molecular complexity index is 700. The number of benzene rings is 1. The Hall–Kier alpha value is -1.99. The summed E-state index contributed by atoms with van der Waals surface area (Å²) in [4.78, 5) is 22.9. The fourth-order valence-electron chi connectivity index (χ4n) is 2.35. The number of nitrogens with zero attached hydrogens (tertiary/aromatic N) is 3. The largest absolute Gasteiger partial charge is 0.378 e. The van der Waals surface area contributed by atoms with Crippen LogP contribution in [0.2, 0.25) is 0 Å². The molecular weight excluding hydrogens is 360 g/mol. The maximum Gasteiger partial charge on any atom is 0.272 e. The van der Waals surface area contributed by atoms with Crippen LogP contribution in [0.25, 0.3) is 0 Å². The quantitative estimate of drug-likeness (QED) is 0.891. The van der Waals surface area contributed by atoms with Crippen molar-refractivity contribution in [3.8, 4) is 0 Å². The highest BCUT2D eigenvalue weighted by atomic mass is 79.9. The normalized spacial score (nSPS) is 14.6. The van der Waals surface area contributed by atoms with Crippen LogP contribution in [0.1, 0.15) is 16.3 Å². The minimum absolute atomic E-state index is 0.0855. The molecule has 3 rings (SSSR count). The lowest BCUT2D eigenvalue weighted by Crippen LogP contribution is -2.41. The van der Waals surface area contributed by atoms with Crippen molar-refractivity contribution in [3.63, 3.8) is 0 Å². The van der Waals surface area contributed by atoms with Gasteiger partial charge in [-0.05, 0) is 31.2 Å². The van der Waals surface area contributed by atoms with Gasteiger partial charge in [-0.1, -0.05) is 15.9 Å². The average Bonchev–Trinajstić information content (AvgIpc) is 2.56. The first-order valence-electron chi connectivity index (χ1n) is 7.37. The van der Waals surface area contributed by atoms with E-state index in [1.165, 1.54) is 0 Å². The summed E-state index contributed by atoms with van der Waals surface area (Å²) in [5, 5.41) is 3.20. The summed E-state index contributed by atoms with van der Waals surface area (Å²) >= 11 is 3.40. The Morgan fingerprint density at radius 3 is 2.61 bits per heavy atom. The van der Waals surface area contributed by atoms with Crippen molar-refractivity contribution in [1.29, 1.82) is 0 Å². The lowest BCUT2D eigenvalue weighted by atomic mass is 10.3. The van der Waals surface area contributed by atoms with E-state index < -0.39 is 0 Å². The number of morpholine rings is 1. The molecule has 0 atom stereocenters. The Labute approximate surface area is 143 Å². The second-order valence-electron chi connectivity index (χ2n) is 5.22. The van der Waals surface area contributed by atoms with Gasteiger partial charge < -0.3 is 15.0 Å². The molecule has 1 aromatic carbocycles. The van der Waals surface area contributed by atoms with Gasteiger partial charge in [-0.15, -0.1) is 0 Å². The summed E-state index contributed by atoms with van der Waals surface area (Å²) in [6.45, 7) is 4.11. The van der Waals surface area contributed by atoms with Gasteiger partial charge in [-0.2, -0.15) is 0 Å². The molecule has 0 unspecified atom stereocenters. The van der Waals surface area contributed by atoms with Crippen molar-refractivity contribution in [3.05, 3.63) is 46.3 Å². The Morgan fingerprint density at radius 1 is 1.22 bits per heavy atom. The van der Waals surface area contributed by atoms with E-state index in [4.69, 9.17) is 4.74 Å². The smallest absolute Gasteiger partial charge is 0.272 e. The lowest BCUT2D eigenvalue weighted by Gasteiger charge is -2.26. The molecule has 120 valence electrons. The zero-order valence-electron chi connectivity index (χ0n) is 12.8. The third-order valence-corrected chi connectivity index (χ3v) is 4.00. The van der Waals surface area contributed by atoms with Gasteiger partial charge in [-0.25, -0.2) is 9.97 Å². The highest BCUT2D eigenvalue weighted by molar-refractivity contribution is 9.10. The predicted molar refractivity (Wildman–Crippen MR) is 90.9 cm³/mol. The van der Waals surface area contributed by atoms with E-state index in [1.54, 1.807) is 17.9 Å². The number of rotatable bonds is 3. The van der Waals surface area contributed by atoms with E-state index in [0.717, 1.165) is 10.2 Å². The van der Waals surface area contributed by atoms with E-state index in [9.17, 15) is 4.79 Å². The fraction of sp³-hybridized carbons (Fsp3) is 0.312. The lowest BCUT2D eigenvalue weighted by molar-refractivity contribution is 0.0299. The predicted octanol–water partition coefficient (Wildman–Crippen LogP) is 2.76. The minimum Gasteiger partial charge on any atom is -0.378 e. The molecule has 6 nitrogen and oxygen atoms in total. The van der Waals surface area contributed by atoms with Crippen molar-refractivity contribution in [2.24, 2.45) is 0 Å². The number of hydrogen-bond acceptors (Lipinski definition) is 5. The topological polar surface area (TPSA) is 67.4 Å². The van der Waals surface area contributed by atoms with E-state index in [1.807, 2.05) is 24.3 Å². The van der Waals surface area contributed by atoms with Crippen molar-refractivity contribution in [1.82, 2.24) is 14.9 Å². The molecule has 1 fully saturated rings. The highest BCUT2D eigenvalue weighted by Gasteiger charge is 2.20. The number of aromatic nitrogens is 2. The van der Waals surface area contributed by atoms with E-state index in [2.05, 4.69) is 31.2 Å². The van der Waals surface area contributed by atoms with Gasteiger partial charge in [0.15, 0.2) is 0 Å². The van der Waals surface area contributed by atoms with Crippen LogP contribution in [0.3, 0.4) is 0 Å². The average molecular weight is 377 g/mol. The van der Waals surface area contributed by atoms with Crippen LogP contribution < -0.4 is 5.32 Å². The molecule has 23 heavy (non-hydrogen) atoms. The van der Waals surface area contributed by atoms with Crippen molar-refractivity contribution >= 4 is 33.3 Å². The van der Waals surface area contributed by atoms with Gasteiger partial charge in [0.05, 0.1) is 13.2 Å². The van der Waals surface area contributed by atoms with E-state index in [0.29, 0.717) is 43.6 Å². The van der Waals surface area contributed by atoms with Crippen LogP contribution in [0.5, 0.6) is 0 Å². The number of anilines is 2. The van der Waals surface area contributed by atoms with Crippen LogP contribution in [0, 0.1) is 6.92 Å². The maximum absolute atomic E-state index is 12.5. The molecular formula is C16H17BrN4O2. The Morgan fingerprint density at radius 2 is 1.91 bits per heavy atom. The number of nitrogens with one attached hydrogen (secondary N) is 1. The van der Waals surface area contributed by atoms with E-state index >= 15 is 0 Å². The first-order chi connectivity index (χ1) is 11.1. The number of carbonyl (C=O) groups excluding carboxylic acids is 1. The maximum atomic E-state index is 12.5. The third-order valence-electron chi connectivity index (χ3n) is 3.47. The molecule has 2 aromatic rings. The molecule has 1 saturated heterocycles. The Kier molecular flexibility index (Phi) is 4.88. The van der Waals surface area contributed by atoms with E-state index in [-0.39, 0.29) is 5.91 Å². The number of halogens is 1. The van der Waals surface area contributed by atoms with Gasteiger partial charge >= 0.3 is 0 Å². The molecule has 1 N–H and O–H groups in total. The number of amides is 1. The first kappa shape index (κ1) is 15.9. The SMILES string of the molecule is Cc1nc(Nc2ccc(Br)cc2)cc(C(=O)N2CCOCC2)n1. The number of hydrogen-bond donors (Lipinski definition) is 1. The van der Waals surface area contributed by atoms with Crippen molar-refractivity contribution in [2.75, 3.05) is 31.6 Å². The molecule has 0 radical (unpaired) electrons. The second-order valence-corrected chi connectivity index (χ2v) is 6.14. The molecule has 0 saturated carbocycles. The van der Waals surface area contributed by atoms with Gasteiger partial charge in [0.25, 0.3) is 5.91 Å². The third kappa shape index (κ3) is 4.05. The zero-order valence-corrected chi connectivity index (χ0v) is 14.3. The van der Waals surface area contributed by atoms with Crippen LogP contribution in [-0.2, 0) is 4.74 Å². The monoisotopic (exact) mass is 376 g/mol. The van der Waals surface area contributed by atoms with Crippen LogP contribution in [0.4, 0.5) is 11.5 Å². The molecule has 0 bridgehead atoms. The summed E-state index contributed by atoms with van der Waals surface area (Å²) in [6, 6.07) is 9.44. The van der Waals surface area contributed by atoms with Crippen LogP contribution in [0.15, 0.2) is 34.8 Å². The molecule has 1 aliphatic rings. The first-order valence-corrected chi connectivity index (χ1v) is 8.16. The van der Waals surface area contributed by atoms with Crippen LogP contribution in [-0.4, -0.2) is 47.1 Å². The Balaban J connectivity index is 1.80. The summed E-state index contributed by atoms with van der Waals surface area (Å²) in [7, 11) is 0. The van der Waals surface area contributed by atoms with Gasteiger partial charge in [0, 0.05) is 29.3 Å². The minimum atomic E-state index is -0.0855. The highest BCUT2D eigenvalue weighted by Crippen LogP contribution is 2.19. The summed E-state index contributed by atoms with van der Waals surface area (Å²) in [6.07, 6.45) is 0. The molecule has 2 heterocycles. The van der Waals surface area contributed by atoms with Crippen molar-refractivity contribution in [2.45, 2.75) is 6.92 Å². The van der Waals surface area contributed by atoms with Gasteiger partial charge in [0.2, 0.25) is 0 Å². The molecule has 1 aromatic heterocycles. The summed E-state index contributed by atoms with van der Waals surface area (Å²) in [5.41, 5.74) is 1.30. The zero-order chi connectivity index (χ0) is 16.2. The van der Waals surface area contributed by atoms with Gasteiger partial charge in [-0.3, -0.25) is 4.79 Å². The molecule has 1 amide bonds. The van der Waals surface area contributed by atoms with Crippen LogP contribution >= 0.6 is 15.9 Å². The molecule has 7 heteroatoms. The summed E-state index contributed by atoms with van der Waals surface area (Å²) < 4.78 is 6.28. The van der Waals surface area contributed by atoms with Crippen molar-refractivity contribution < 1.29 is 9.53 Å². The number of carbonyl (C=O) groups is 1. The second kappa shape index (κ2) is 7.06. The molecule has 0 spiro atoms. The number of ether oxygens (including phenoxy) is 1. The fourth-order valence-corrected chi connectivity index (χ4v) is 2.62. The standard InChI is InChI=1S/C16H17BrN4O2/c1-11-18-14(16(22)21-6-8-23-9-7-21)10-15(19-11)20-13-4-2-12(17)3-5-13/h2-5,10H,6-9H2,1H3,(H,18,19,20).